The summed E-state index contributed by atoms with van der Waals surface area (Å²) in [6.45, 7) is 2.65. The van der Waals surface area contributed by atoms with Gasteiger partial charge in [0, 0.05) is 37.3 Å². The van der Waals surface area contributed by atoms with Gasteiger partial charge in [0.15, 0.2) is 0 Å². The van der Waals surface area contributed by atoms with Gasteiger partial charge in [-0.2, -0.15) is 0 Å². The number of rotatable bonds is 12. The summed E-state index contributed by atoms with van der Waals surface area (Å²) in [5.74, 6) is 1.15. The van der Waals surface area contributed by atoms with Crippen LogP contribution in [0.15, 0.2) is 48.0 Å². The summed E-state index contributed by atoms with van der Waals surface area (Å²) in [4.78, 5) is 22.5. The highest BCUT2D eigenvalue weighted by Crippen LogP contribution is 2.36. The molecule has 0 bridgehead atoms. The van der Waals surface area contributed by atoms with Crippen molar-refractivity contribution in [2.24, 2.45) is 18.9 Å². The summed E-state index contributed by atoms with van der Waals surface area (Å²) in [5, 5.41) is 11.4. The molecule has 1 saturated heterocycles. The third-order valence-corrected chi connectivity index (χ3v) is 8.35. The monoisotopic (exact) mass is 514 g/mol. The molecule has 0 amide bonds. The Kier molecular flexibility index (Phi) is 9.20. The number of carbonyl (C=O) groups is 1. The number of carboxylic acid groups (broad SMARTS) is 1. The van der Waals surface area contributed by atoms with Crippen LogP contribution in [-0.4, -0.2) is 63.0 Å². The molecule has 1 aliphatic heterocycles. The number of fused-ring (bicyclic) bond motifs is 1. The summed E-state index contributed by atoms with van der Waals surface area (Å²) in [6, 6.07) is 7.25. The number of thioether (sulfide) groups is 1. The van der Waals surface area contributed by atoms with Gasteiger partial charge in [-0.3, -0.25) is 9.78 Å². The van der Waals surface area contributed by atoms with Crippen molar-refractivity contribution >= 4 is 28.6 Å². The summed E-state index contributed by atoms with van der Waals surface area (Å²) in [5.41, 5.74) is 1.37. The van der Waals surface area contributed by atoms with Gasteiger partial charge in [0.2, 0.25) is 0 Å². The molecule has 0 aliphatic carbocycles. The Bertz CT molecular complexity index is 1160. The first-order valence-electron chi connectivity index (χ1n) is 12.5. The second-order valence-electron chi connectivity index (χ2n) is 9.58. The van der Waals surface area contributed by atoms with Crippen LogP contribution in [0.4, 0.5) is 4.39 Å². The molecule has 1 fully saturated rings. The van der Waals surface area contributed by atoms with Gasteiger partial charge < -0.3 is 19.3 Å². The number of aliphatic carboxylic acids is 1. The van der Waals surface area contributed by atoms with E-state index >= 15 is 4.39 Å². The van der Waals surface area contributed by atoms with Crippen LogP contribution in [0.5, 0.6) is 5.75 Å². The molecule has 1 aliphatic rings. The molecule has 0 saturated carbocycles. The van der Waals surface area contributed by atoms with E-state index in [4.69, 9.17) is 4.74 Å². The third-order valence-electron chi connectivity index (χ3n) is 7.16. The number of hydrogen-bond acceptors (Lipinski definition) is 6. The van der Waals surface area contributed by atoms with Crippen LogP contribution in [0.25, 0.3) is 10.9 Å². The number of ether oxygens (including phenoxy) is 1. The minimum absolute atomic E-state index is 0.0439. The number of alkyl halides is 1. The molecule has 2 aromatic heterocycles. The lowest BCUT2D eigenvalue weighted by Crippen LogP contribution is -2.42. The van der Waals surface area contributed by atoms with Gasteiger partial charge in [0.1, 0.15) is 11.9 Å². The standard InChI is InChI=1S/C27H35FN4O3S/c1-31-18-29-16-26(31)36-13-3-11-32-12-9-19(20(17-32)14-27(33)34)4-6-24(28)22-8-10-30-25-7-5-21(35-2)15-23(22)25/h5,7-8,10,15-16,18-20,24H,3-4,6,9,11-14,17H2,1-2H3,(H,33,34)/t19-,20+,24?/m1/s1. The van der Waals surface area contributed by atoms with Crippen molar-refractivity contribution in [3.63, 3.8) is 0 Å². The van der Waals surface area contributed by atoms with Gasteiger partial charge in [-0.25, -0.2) is 9.37 Å². The van der Waals surface area contributed by atoms with Crippen molar-refractivity contribution in [2.45, 2.75) is 43.3 Å². The molecule has 4 rings (SSSR count). The smallest absolute Gasteiger partial charge is 0.303 e. The van der Waals surface area contributed by atoms with Gasteiger partial charge >= 0.3 is 5.97 Å². The van der Waals surface area contributed by atoms with Crippen molar-refractivity contribution in [1.29, 1.82) is 0 Å². The Morgan fingerprint density at radius 3 is 2.94 bits per heavy atom. The maximum Gasteiger partial charge on any atom is 0.303 e. The van der Waals surface area contributed by atoms with E-state index in [9.17, 15) is 9.90 Å². The average Bonchev–Trinajstić information content (AvgIpc) is 3.29. The third kappa shape index (κ3) is 6.76. The van der Waals surface area contributed by atoms with Crippen molar-refractivity contribution in [1.82, 2.24) is 19.4 Å². The van der Waals surface area contributed by atoms with E-state index < -0.39 is 12.1 Å². The van der Waals surface area contributed by atoms with Gasteiger partial charge in [-0.05, 0) is 80.4 Å². The lowest BCUT2D eigenvalue weighted by molar-refractivity contribution is -0.139. The zero-order valence-corrected chi connectivity index (χ0v) is 21.8. The maximum absolute atomic E-state index is 15.5. The number of methoxy groups -OCH3 is 1. The topological polar surface area (TPSA) is 80.5 Å². The molecule has 3 atom stereocenters. The number of likely N-dealkylation sites (tertiary alicyclic amines) is 1. The molecule has 1 aromatic carbocycles. The van der Waals surface area contributed by atoms with Gasteiger partial charge in [-0.1, -0.05) is 0 Å². The zero-order valence-electron chi connectivity index (χ0n) is 21.0. The molecule has 3 aromatic rings. The fourth-order valence-corrected chi connectivity index (χ4v) is 6.08. The number of carboxylic acids is 1. The van der Waals surface area contributed by atoms with Crippen LogP contribution in [0, 0.1) is 11.8 Å². The van der Waals surface area contributed by atoms with Crippen LogP contribution >= 0.6 is 11.8 Å². The minimum Gasteiger partial charge on any atom is -0.497 e. The molecule has 1 N–H and O–H groups in total. The number of imidazole rings is 1. The molecule has 194 valence electrons. The summed E-state index contributed by atoms with van der Waals surface area (Å²) in [7, 11) is 3.59. The van der Waals surface area contributed by atoms with Crippen molar-refractivity contribution < 1.29 is 19.0 Å². The van der Waals surface area contributed by atoms with Crippen LogP contribution in [0.2, 0.25) is 0 Å². The lowest BCUT2D eigenvalue weighted by atomic mass is 9.79. The number of aromatic nitrogens is 3. The first-order chi connectivity index (χ1) is 17.4. The van der Waals surface area contributed by atoms with Crippen LogP contribution in [-0.2, 0) is 11.8 Å². The second-order valence-corrected chi connectivity index (χ2v) is 10.7. The summed E-state index contributed by atoms with van der Waals surface area (Å²) in [6.07, 6.45) is 7.33. The molecule has 0 radical (unpaired) electrons. The zero-order chi connectivity index (χ0) is 25.5. The second kappa shape index (κ2) is 12.5. The highest BCUT2D eigenvalue weighted by molar-refractivity contribution is 7.99. The molecule has 9 heteroatoms. The number of halogens is 1. The molecule has 3 heterocycles. The van der Waals surface area contributed by atoms with Crippen LogP contribution in [0.1, 0.15) is 43.8 Å². The van der Waals surface area contributed by atoms with Crippen LogP contribution in [0.3, 0.4) is 0 Å². The van der Waals surface area contributed by atoms with Gasteiger partial charge in [0.25, 0.3) is 0 Å². The normalized spacial score (nSPS) is 19.4. The first kappa shape index (κ1) is 26.4. The van der Waals surface area contributed by atoms with E-state index in [0.717, 1.165) is 54.2 Å². The molecule has 0 spiro atoms. The van der Waals surface area contributed by atoms with Crippen LogP contribution < -0.4 is 4.74 Å². The number of hydrogen-bond donors (Lipinski definition) is 1. The van der Waals surface area contributed by atoms with E-state index in [2.05, 4.69) is 14.9 Å². The SMILES string of the molecule is COc1ccc2nccc(C(F)CC[C@@H]3CCN(CCCSc4cncn4C)C[C@@H]3CC(=O)O)c2c1. The molecule has 7 nitrogen and oxygen atoms in total. The predicted molar refractivity (Wildman–Crippen MR) is 140 cm³/mol. The molecule has 1 unspecified atom stereocenters. The van der Waals surface area contributed by atoms with Gasteiger partial charge in [-0.15, -0.1) is 11.8 Å². The summed E-state index contributed by atoms with van der Waals surface area (Å²) >= 11 is 1.79. The highest BCUT2D eigenvalue weighted by atomic mass is 32.2. The number of pyridine rings is 1. The maximum atomic E-state index is 15.5. The fourth-order valence-electron chi connectivity index (χ4n) is 5.21. The molecular formula is C27H35FN4O3S. The Labute approximate surface area is 216 Å². The predicted octanol–water partition coefficient (Wildman–Crippen LogP) is 5.36. The first-order valence-corrected chi connectivity index (χ1v) is 13.5. The van der Waals surface area contributed by atoms with E-state index in [1.165, 1.54) is 0 Å². The average molecular weight is 515 g/mol. The highest BCUT2D eigenvalue weighted by Gasteiger charge is 2.31. The van der Waals surface area contributed by atoms with E-state index in [1.54, 1.807) is 37.5 Å². The summed E-state index contributed by atoms with van der Waals surface area (Å²) < 4.78 is 22.8. The largest absolute Gasteiger partial charge is 0.497 e. The minimum atomic E-state index is -1.13. The Hall–Kier alpha value is -2.65. The Morgan fingerprint density at radius 1 is 1.33 bits per heavy atom. The fraction of sp³-hybridized carbons (Fsp3) is 0.519. The quantitative estimate of drug-likeness (QED) is 0.257. The molecular weight excluding hydrogens is 479 g/mol. The number of aryl methyl sites for hydroxylation is 1. The van der Waals surface area contributed by atoms with E-state index in [1.807, 2.05) is 36.0 Å². The number of nitrogens with zero attached hydrogens (tertiary/aromatic N) is 4. The Balaban J connectivity index is 1.32. The van der Waals surface area contributed by atoms with Crippen molar-refractivity contribution in [3.8, 4) is 5.75 Å². The lowest BCUT2D eigenvalue weighted by Gasteiger charge is -2.38. The van der Waals surface area contributed by atoms with Gasteiger partial charge in [0.05, 0.1) is 30.2 Å². The number of piperidine rings is 1. The number of benzene rings is 1. The Morgan fingerprint density at radius 2 is 2.19 bits per heavy atom. The van der Waals surface area contributed by atoms with E-state index in [-0.39, 0.29) is 18.3 Å². The van der Waals surface area contributed by atoms with E-state index in [0.29, 0.717) is 24.2 Å². The van der Waals surface area contributed by atoms with Crippen molar-refractivity contribution in [3.05, 3.63) is 48.5 Å². The molecule has 36 heavy (non-hydrogen) atoms. The van der Waals surface area contributed by atoms with Crippen molar-refractivity contribution in [2.75, 3.05) is 32.5 Å².